The smallest absolute Gasteiger partial charge is 0.419 e. The molecule has 1 N–H and O–H groups in total. The molecule has 10 heteroatoms. The fourth-order valence-corrected chi connectivity index (χ4v) is 3.27. The van der Waals surface area contributed by atoms with Crippen LogP contribution in [0.1, 0.15) is 12.5 Å². The number of alkyl halides is 3. The number of aromatic hydroxyl groups is 1. The number of halogens is 4. The number of ether oxygens (including phenoxy) is 1. The molecule has 1 saturated heterocycles. The van der Waals surface area contributed by atoms with E-state index in [2.05, 4.69) is 15.0 Å². The number of aromatic nitrogens is 3. The first-order valence-corrected chi connectivity index (χ1v) is 8.54. The molecule has 0 spiro atoms. The molecule has 1 fully saturated rings. The third kappa shape index (κ3) is 3.13. The molecule has 0 aliphatic carbocycles. The van der Waals surface area contributed by atoms with Gasteiger partial charge in [0.05, 0.1) is 48.4 Å². The van der Waals surface area contributed by atoms with Gasteiger partial charge in [-0.05, 0) is 19.1 Å². The molecule has 3 aromatic rings. The van der Waals surface area contributed by atoms with Crippen molar-refractivity contribution < 1.29 is 27.4 Å². The summed E-state index contributed by atoms with van der Waals surface area (Å²) in [6.45, 7) is 3.84. The van der Waals surface area contributed by atoms with Crippen molar-refractivity contribution in [2.75, 3.05) is 24.7 Å². The Morgan fingerprint density at radius 1 is 1.21 bits per heavy atom. The van der Waals surface area contributed by atoms with Crippen LogP contribution in [0.3, 0.4) is 0 Å². The molecule has 1 atom stereocenters. The minimum Gasteiger partial charge on any atom is -0.505 e. The Balaban J connectivity index is 1.78. The van der Waals surface area contributed by atoms with Gasteiger partial charge in [-0.1, -0.05) is 0 Å². The number of pyridine rings is 1. The van der Waals surface area contributed by atoms with Crippen molar-refractivity contribution in [1.82, 2.24) is 14.8 Å². The van der Waals surface area contributed by atoms with Crippen LogP contribution >= 0.6 is 0 Å². The predicted octanol–water partition coefficient (Wildman–Crippen LogP) is 3.51. The SMILES string of the molecule is C[C@H]1COCCN1c1cc2cnn(-c3cc(O)c(F)c(C(F)(F)F)c3)c2cn1. The van der Waals surface area contributed by atoms with Gasteiger partial charge in [0.15, 0.2) is 11.6 Å². The summed E-state index contributed by atoms with van der Waals surface area (Å²) in [7, 11) is 0. The Bertz CT molecular complexity index is 1030. The third-order valence-electron chi connectivity index (χ3n) is 4.69. The maximum absolute atomic E-state index is 13.7. The first kappa shape index (κ1) is 18.5. The standard InChI is InChI=1S/C18H16F4N4O2/c1-10-9-28-3-2-25(10)16-4-11-7-24-26(14(11)8-23-16)12-5-13(18(20,21)22)17(19)15(27)6-12/h4-8,10,27H,2-3,9H2,1H3/t10-/m0/s1. The second kappa shape index (κ2) is 6.62. The zero-order valence-electron chi connectivity index (χ0n) is 14.7. The summed E-state index contributed by atoms with van der Waals surface area (Å²) in [6.07, 6.45) is -1.97. The summed E-state index contributed by atoms with van der Waals surface area (Å²) in [5.41, 5.74) is -1.24. The molecule has 0 bridgehead atoms. The molecular formula is C18H16F4N4O2. The highest BCUT2D eigenvalue weighted by molar-refractivity contribution is 5.82. The maximum Gasteiger partial charge on any atom is 0.419 e. The molecule has 3 heterocycles. The first-order chi connectivity index (χ1) is 13.3. The van der Waals surface area contributed by atoms with Crippen molar-refractivity contribution in [3.63, 3.8) is 0 Å². The molecule has 0 unspecified atom stereocenters. The molecule has 6 nitrogen and oxygen atoms in total. The van der Waals surface area contributed by atoms with Crippen molar-refractivity contribution in [3.05, 3.63) is 42.0 Å². The number of phenolic OH excluding ortho intramolecular Hbond substituents is 1. The Hall–Kier alpha value is -2.88. The van der Waals surface area contributed by atoms with Gasteiger partial charge < -0.3 is 14.7 Å². The predicted molar refractivity (Wildman–Crippen MR) is 93.1 cm³/mol. The molecule has 1 aliphatic rings. The molecule has 148 valence electrons. The third-order valence-corrected chi connectivity index (χ3v) is 4.69. The molecule has 0 saturated carbocycles. The topological polar surface area (TPSA) is 63.4 Å². The number of fused-ring (bicyclic) bond motifs is 1. The van der Waals surface area contributed by atoms with Crippen LogP contribution in [0.4, 0.5) is 23.4 Å². The van der Waals surface area contributed by atoms with Gasteiger partial charge in [-0.15, -0.1) is 0 Å². The Labute approximate surface area is 157 Å². The van der Waals surface area contributed by atoms with E-state index in [1.165, 1.54) is 17.1 Å². The van der Waals surface area contributed by atoms with E-state index in [9.17, 15) is 22.7 Å². The molecule has 1 aromatic carbocycles. The van der Waals surface area contributed by atoms with Gasteiger partial charge in [-0.3, -0.25) is 0 Å². The van der Waals surface area contributed by atoms with Crippen LogP contribution in [0.2, 0.25) is 0 Å². The molecule has 0 amide bonds. The van der Waals surface area contributed by atoms with Crippen LogP contribution in [0.5, 0.6) is 5.75 Å². The Morgan fingerprint density at radius 3 is 2.71 bits per heavy atom. The monoisotopic (exact) mass is 396 g/mol. The van der Waals surface area contributed by atoms with E-state index in [1.54, 1.807) is 6.07 Å². The van der Waals surface area contributed by atoms with Gasteiger partial charge in [0.25, 0.3) is 0 Å². The summed E-state index contributed by atoms with van der Waals surface area (Å²) in [6, 6.07) is 3.43. The van der Waals surface area contributed by atoms with Gasteiger partial charge in [0.1, 0.15) is 5.82 Å². The van der Waals surface area contributed by atoms with Crippen molar-refractivity contribution in [2.45, 2.75) is 19.1 Å². The highest BCUT2D eigenvalue weighted by Gasteiger charge is 2.36. The van der Waals surface area contributed by atoms with Crippen molar-refractivity contribution in [1.29, 1.82) is 0 Å². The van der Waals surface area contributed by atoms with E-state index < -0.39 is 23.3 Å². The summed E-state index contributed by atoms with van der Waals surface area (Å²) in [4.78, 5) is 6.48. The number of morpholine rings is 1. The normalized spacial score (nSPS) is 18.0. The second-order valence-corrected chi connectivity index (χ2v) is 6.60. The minimum atomic E-state index is -4.95. The molecule has 2 aromatic heterocycles. The summed E-state index contributed by atoms with van der Waals surface area (Å²) >= 11 is 0. The van der Waals surface area contributed by atoms with E-state index >= 15 is 0 Å². The molecule has 4 rings (SSSR count). The van der Waals surface area contributed by atoms with Crippen LogP contribution in [-0.2, 0) is 10.9 Å². The van der Waals surface area contributed by atoms with Crippen LogP contribution < -0.4 is 4.90 Å². The maximum atomic E-state index is 13.7. The average molecular weight is 396 g/mol. The van der Waals surface area contributed by atoms with E-state index in [-0.39, 0.29) is 11.7 Å². The van der Waals surface area contributed by atoms with Crippen molar-refractivity contribution >= 4 is 16.7 Å². The lowest BCUT2D eigenvalue weighted by atomic mass is 10.1. The van der Waals surface area contributed by atoms with Gasteiger partial charge in [-0.25, -0.2) is 14.1 Å². The lowest BCUT2D eigenvalue weighted by Gasteiger charge is -2.34. The van der Waals surface area contributed by atoms with Crippen LogP contribution in [0.15, 0.2) is 30.6 Å². The number of anilines is 1. The van der Waals surface area contributed by atoms with Crippen molar-refractivity contribution in [2.24, 2.45) is 0 Å². The zero-order chi connectivity index (χ0) is 20.1. The molecule has 1 aliphatic heterocycles. The van der Waals surface area contributed by atoms with E-state index in [4.69, 9.17) is 4.74 Å². The van der Waals surface area contributed by atoms with E-state index in [1.807, 2.05) is 6.92 Å². The summed E-state index contributed by atoms with van der Waals surface area (Å²) in [5.74, 6) is -2.10. The number of benzene rings is 1. The lowest BCUT2D eigenvalue weighted by molar-refractivity contribution is -0.140. The van der Waals surface area contributed by atoms with E-state index in [0.717, 1.165) is 6.07 Å². The van der Waals surface area contributed by atoms with E-state index in [0.29, 0.717) is 42.5 Å². The number of rotatable bonds is 2. The number of hydrogen-bond acceptors (Lipinski definition) is 5. The largest absolute Gasteiger partial charge is 0.505 e. The number of hydrogen-bond donors (Lipinski definition) is 1. The van der Waals surface area contributed by atoms with Gasteiger partial charge in [0.2, 0.25) is 0 Å². The van der Waals surface area contributed by atoms with Gasteiger partial charge in [-0.2, -0.15) is 18.3 Å². The average Bonchev–Trinajstić information content (AvgIpc) is 3.06. The van der Waals surface area contributed by atoms with Gasteiger partial charge >= 0.3 is 6.18 Å². The zero-order valence-corrected chi connectivity index (χ0v) is 14.7. The van der Waals surface area contributed by atoms with Crippen LogP contribution in [0.25, 0.3) is 16.6 Å². The molecule has 0 radical (unpaired) electrons. The van der Waals surface area contributed by atoms with Gasteiger partial charge in [0, 0.05) is 18.0 Å². The lowest BCUT2D eigenvalue weighted by Crippen LogP contribution is -2.44. The minimum absolute atomic E-state index is 0.115. The second-order valence-electron chi connectivity index (χ2n) is 6.60. The highest BCUT2D eigenvalue weighted by atomic mass is 19.4. The number of phenols is 1. The summed E-state index contributed by atoms with van der Waals surface area (Å²) < 4.78 is 59.4. The molecular weight excluding hydrogens is 380 g/mol. The van der Waals surface area contributed by atoms with Crippen molar-refractivity contribution in [3.8, 4) is 11.4 Å². The fourth-order valence-electron chi connectivity index (χ4n) is 3.27. The Morgan fingerprint density at radius 2 is 2.00 bits per heavy atom. The number of nitrogens with zero attached hydrogens (tertiary/aromatic N) is 4. The quantitative estimate of drug-likeness (QED) is 0.672. The summed E-state index contributed by atoms with van der Waals surface area (Å²) in [5, 5.41) is 14.4. The highest BCUT2D eigenvalue weighted by Crippen LogP contribution is 2.37. The fraction of sp³-hybridized carbons (Fsp3) is 0.333. The van der Waals surface area contributed by atoms with Crippen LogP contribution in [0, 0.1) is 5.82 Å². The molecule has 28 heavy (non-hydrogen) atoms. The first-order valence-electron chi connectivity index (χ1n) is 8.54. The Kier molecular flexibility index (Phi) is 4.37. The van der Waals surface area contributed by atoms with Crippen LogP contribution in [-0.4, -0.2) is 45.7 Å².